The lowest BCUT2D eigenvalue weighted by molar-refractivity contribution is 0.145. The number of rotatable bonds is 1. The third-order valence-electron chi connectivity index (χ3n) is 4.46. The number of hydrogen-bond acceptors (Lipinski definition) is 2. The zero-order valence-electron chi connectivity index (χ0n) is 8.46. The number of hydrogen-bond donors (Lipinski definition) is 0. The lowest BCUT2D eigenvalue weighted by Gasteiger charge is -2.33. The van der Waals surface area contributed by atoms with Crippen molar-refractivity contribution in [2.24, 2.45) is 0 Å². The summed E-state index contributed by atoms with van der Waals surface area (Å²) >= 11 is 2.24. The van der Waals surface area contributed by atoms with E-state index in [0.717, 1.165) is 11.3 Å². The smallest absolute Gasteiger partial charge is 0.0228 e. The molecule has 0 spiro atoms. The van der Waals surface area contributed by atoms with E-state index in [1.165, 1.54) is 44.4 Å². The average Bonchev–Trinajstić information content (AvgIpc) is 2.72. The molecule has 0 aromatic rings. The molecule has 0 radical (unpaired) electrons. The molecular formula is C11H19NS. The highest BCUT2D eigenvalue weighted by molar-refractivity contribution is 8.00. The summed E-state index contributed by atoms with van der Waals surface area (Å²) in [5.74, 6) is 1.42. The molecule has 2 heteroatoms. The predicted molar refractivity (Wildman–Crippen MR) is 58.2 cm³/mol. The molecular weight excluding hydrogens is 178 g/mol. The minimum atomic E-state index is 0.656. The van der Waals surface area contributed by atoms with Gasteiger partial charge in [-0.3, -0.25) is 4.90 Å². The Hall–Kier alpha value is 0.310. The fraction of sp³-hybridized carbons (Fsp3) is 1.00. The van der Waals surface area contributed by atoms with Crippen LogP contribution in [0.4, 0.5) is 0 Å². The largest absolute Gasteiger partial charge is 0.294 e. The van der Waals surface area contributed by atoms with Gasteiger partial charge in [0.25, 0.3) is 0 Å². The summed E-state index contributed by atoms with van der Waals surface area (Å²) in [5, 5.41) is 1.00. The SMILES string of the molecule is CCC12CCCN1C1CCSC1C2. The molecule has 1 nitrogen and oxygen atoms in total. The predicted octanol–water partition coefficient (Wildman–Crippen LogP) is 2.51. The molecule has 3 unspecified atom stereocenters. The Bertz CT molecular complexity index is 218. The average molecular weight is 197 g/mol. The summed E-state index contributed by atoms with van der Waals surface area (Å²) in [6, 6.07) is 0.965. The molecule has 3 aliphatic heterocycles. The minimum Gasteiger partial charge on any atom is -0.294 e. The number of nitrogens with zero attached hydrogens (tertiary/aromatic N) is 1. The zero-order chi connectivity index (χ0) is 8.89. The molecule has 0 aliphatic carbocycles. The van der Waals surface area contributed by atoms with E-state index >= 15 is 0 Å². The van der Waals surface area contributed by atoms with Crippen LogP contribution in [0.1, 0.15) is 39.0 Å². The van der Waals surface area contributed by atoms with E-state index in [1.54, 1.807) is 0 Å². The molecule has 0 bridgehead atoms. The van der Waals surface area contributed by atoms with E-state index < -0.39 is 0 Å². The molecule has 0 aromatic heterocycles. The third-order valence-corrected chi connectivity index (χ3v) is 5.85. The lowest BCUT2D eigenvalue weighted by atomic mass is 9.91. The first kappa shape index (κ1) is 8.60. The molecule has 13 heavy (non-hydrogen) atoms. The minimum absolute atomic E-state index is 0.656. The maximum atomic E-state index is 2.87. The van der Waals surface area contributed by atoms with Crippen LogP contribution in [0.3, 0.4) is 0 Å². The molecule has 74 valence electrons. The van der Waals surface area contributed by atoms with Gasteiger partial charge < -0.3 is 0 Å². The summed E-state index contributed by atoms with van der Waals surface area (Å²) in [6.45, 7) is 3.79. The van der Waals surface area contributed by atoms with Crippen molar-refractivity contribution in [2.75, 3.05) is 12.3 Å². The Balaban J connectivity index is 1.89. The van der Waals surface area contributed by atoms with Gasteiger partial charge in [0.1, 0.15) is 0 Å². The van der Waals surface area contributed by atoms with Gasteiger partial charge in [-0.2, -0.15) is 11.8 Å². The number of fused-ring (bicyclic) bond motifs is 3. The van der Waals surface area contributed by atoms with Crippen molar-refractivity contribution in [1.82, 2.24) is 4.90 Å². The fourth-order valence-corrected chi connectivity index (χ4v) is 5.40. The molecule has 3 atom stereocenters. The van der Waals surface area contributed by atoms with E-state index in [2.05, 4.69) is 23.6 Å². The van der Waals surface area contributed by atoms with Gasteiger partial charge in [-0.05, 0) is 44.4 Å². The standard InChI is InChI=1S/C11H19NS/c1-2-11-5-3-6-12(11)9-4-7-13-10(9)8-11/h9-10H,2-8H2,1H3. The summed E-state index contributed by atoms with van der Waals surface area (Å²) < 4.78 is 0. The Kier molecular flexibility index (Phi) is 1.92. The van der Waals surface area contributed by atoms with E-state index in [-0.39, 0.29) is 0 Å². The van der Waals surface area contributed by atoms with Crippen LogP contribution in [0.2, 0.25) is 0 Å². The second-order valence-electron chi connectivity index (χ2n) is 4.84. The molecule has 0 aromatic carbocycles. The van der Waals surface area contributed by atoms with Crippen LogP contribution in [0.5, 0.6) is 0 Å². The summed E-state index contributed by atoms with van der Waals surface area (Å²) in [7, 11) is 0. The zero-order valence-corrected chi connectivity index (χ0v) is 9.28. The molecule has 3 heterocycles. The van der Waals surface area contributed by atoms with Crippen molar-refractivity contribution < 1.29 is 0 Å². The van der Waals surface area contributed by atoms with Gasteiger partial charge in [0.15, 0.2) is 0 Å². The molecule has 3 rings (SSSR count). The molecule has 0 amide bonds. The van der Waals surface area contributed by atoms with E-state index in [1.807, 2.05) is 0 Å². The maximum absolute atomic E-state index is 2.87. The van der Waals surface area contributed by atoms with Crippen molar-refractivity contribution in [2.45, 2.75) is 55.9 Å². The normalized spacial score (nSPS) is 49.6. The van der Waals surface area contributed by atoms with Crippen LogP contribution >= 0.6 is 11.8 Å². The topological polar surface area (TPSA) is 3.24 Å². The Labute approximate surface area is 85.3 Å². The van der Waals surface area contributed by atoms with Crippen molar-refractivity contribution in [3.05, 3.63) is 0 Å². The van der Waals surface area contributed by atoms with Gasteiger partial charge in [0.2, 0.25) is 0 Å². The van der Waals surface area contributed by atoms with Gasteiger partial charge in [0.05, 0.1) is 0 Å². The Morgan fingerprint density at radius 1 is 1.54 bits per heavy atom. The lowest BCUT2D eigenvalue weighted by Crippen LogP contribution is -2.41. The second kappa shape index (κ2) is 2.90. The van der Waals surface area contributed by atoms with Gasteiger partial charge in [-0.25, -0.2) is 0 Å². The molecule has 3 saturated heterocycles. The van der Waals surface area contributed by atoms with Gasteiger partial charge in [-0.15, -0.1) is 0 Å². The Morgan fingerprint density at radius 2 is 2.46 bits per heavy atom. The fourth-order valence-electron chi connectivity index (χ4n) is 3.78. The van der Waals surface area contributed by atoms with Crippen LogP contribution in [0.25, 0.3) is 0 Å². The van der Waals surface area contributed by atoms with Crippen molar-refractivity contribution in [3.8, 4) is 0 Å². The highest BCUT2D eigenvalue weighted by Crippen LogP contribution is 2.51. The van der Waals surface area contributed by atoms with Crippen LogP contribution in [-0.2, 0) is 0 Å². The van der Waals surface area contributed by atoms with Gasteiger partial charge >= 0.3 is 0 Å². The summed E-state index contributed by atoms with van der Waals surface area (Å²) in [4.78, 5) is 2.87. The third kappa shape index (κ3) is 1.05. The summed E-state index contributed by atoms with van der Waals surface area (Å²) in [6.07, 6.45) is 7.30. The van der Waals surface area contributed by atoms with Crippen LogP contribution in [0, 0.1) is 0 Å². The first-order chi connectivity index (χ1) is 6.36. The van der Waals surface area contributed by atoms with E-state index in [9.17, 15) is 0 Å². The van der Waals surface area contributed by atoms with Crippen LogP contribution in [-0.4, -0.2) is 34.0 Å². The van der Waals surface area contributed by atoms with Gasteiger partial charge in [0, 0.05) is 16.8 Å². The molecule has 3 aliphatic rings. The summed E-state index contributed by atoms with van der Waals surface area (Å²) in [5.41, 5.74) is 0.656. The van der Waals surface area contributed by atoms with E-state index in [0.29, 0.717) is 5.54 Å². The Morgan fingerprint density at radius 3 is 3.31 bits per heavy atom. The quantitative estimate of drug-likeness (QED) is 0.635. The van der Waals surface area contributed by atoms with Gasteiger partial charge in [-0.1, -0.05) is 6.92 Å². The molecule has 3 fully saturated rings. The highest BCUT2D eigenvalue weighted by atomic mass is 32.2. The molecule has 0 saturated carbocycles. The van der Waals surface area contributed by atoms with E-state index in [4.69, 9.17) is 0 Å². The first-order valence-electron chi connectivity index (χ1n) is 5.74. The highest BCUT2D eigenvalue weighted by Gasteiger charge is 2.54. The second-order valence-corrected chi connectivity index (χ2v) is 6.19. The first-order valence-corrected chi connectivity index (χ1v) is 6.79. The van der Waals surface area contributed by atoms with Crippen LogP contribution < -0.4 is 0 Å². The number of thioether (sulfide) groups is 1. The van der Waals surface area contributed by atoms with Crippen LogP contribution in [0.15, 0.2) is 0 Å². The maximum Gasteiger partial charge on any atom is 0.0228 e. The van der Waals surface area contributed by atoms with Crippen molar-refractivity contribution in [1.29, 1.82) is 0 Å². The van der Waals surface area contributed by atoms with Crippen molar-refractivity contribution >= 4 is 11.8 Å². The van der Waals surface area contributed by atoms with Crippen molar-refractivity contribution in [3.63, 3.8) is 0 Å². The monoisotopic (exact) mass is 197 g/mol. The molecule has 0 N–H and O–H groups in total.